The summed E-state index contributed by atoms with van der Waals surface area (Å²) in [5.74, 6) is -1.00. The molecule has 0 aliphatic carbocycles. The number of amides is 2. The predicted octanol–water partition coefficient (Wildman–Crippen LogP) is 3.41. The van der Waals surface area contributed by atoms with Crippen molar-refractivity contribution in [1.29, 1.82) is 0 Å². The number of benzene rings is 1. The van der Waals surface area contributed by atoms with Crippen molar-refractivity contribution in [2.24, 2.45) is 5.73 Å². The molecule has 3 N–H and O–H groups in total. The highest BCUT2D eigenvalue weighted by Gasteiger charge is 2.14. The molecule has 0 aliphatic rings. The second-order valence-corrected chi connectivity index (χ2v) is 5.43. The third-order valence-electron chi connectivity index (χ3n) is 2.28. The van der Waals surface area contributed by atoms with Gasteiger partial charge in [0, 0.05) is 15.6 Å². The highest BCUT2D eigenvalue weighted by Crippen LogP contribution is 2.25. The molecule has 2 rings (SSSR count). The molecule has 0 atom stereocenters. The Balaban J connectivity index is 2.25. The number of carbonyl (C=O) groups excluding carboxylic acids is 2. The van der Waals surface area contributed by atoms with Crippen LogP contribution in [-0.4, -0.2) is 11.8 Å². The molecule has 98 valence electrons. The Bertz CT molecular complexity index is 635. The highest BCUT2D eigenvalue weighted by atomic mass is 35.5. The Morgan fingerprint density at radius 3 is 2.37 bits per heavy atom. The number of carbonyl (C=O) groups is 2. The minimum atomic E-state index is -0.597. The summed E-state index contributed by atoms with van der Waals surface area (Å²) in [4.78, 5) is 23.2. The van der Waals surface area contributed by atoms with Gasteiger partial charge in [0.2, 0.25) is 0 Å². The first kappa shape index (κ1) is 13.9. The fraction of sp³-hybridized carbons (Fsp3) is 0. The topological polar surface area (TPSA) is 72.2 Å². The van der Waals surface area contributed by atoms with Gasteiger partial charge >= 0.3 is 0 Å². The molecule has 0 unspecified atom stereocenters. The fourth-order valence-electron chi connectivity index (χ4n) is 1.46. The van der Waals surface area contributed by atoms with Crippen molar-refractivity contribution in [1.82, 2.24) is 0 Å². The van der Waals surface area contributed by atoms with E-state index in [-0.39, 0.29) is 5.56 Å². The van der Waals surface area contributed by atoms with Gasteiger partial charge < -0.3 is 11.1 Å². The lowest BCUT2D eigenvalue weighted by molar-refractivity contribution is 0.100. The SMILES string of the molecule is NC(=O)c1ccsc1NC(=O)c1cc(Cl)cc(Cl)c1. The maximum absolute atomic E-state index is 12.0. The summed E-state index contributed by atoms with van der Waals surface area (Å²) >= 11 is 12.9. The van der Waals surface area contributed by atoms with E-state index in [0.717, 1.165) is 0 Å². The van der Waals surface area contributed by atoms with Gasteiger partial charge in [-0.25, -0.2) is 0 Å². The fourth-order valence-corrected chi connectivity index (χ4v) is 2.77. The van der Waals surface area contributed by atoms with Crippen LogP contribution in [0.4, 0.5) is 5.00 Å². The molecule has 0 radical (unpaired) electrons. The molecule has 0 saturated heterocycles. The molecule has 0 spiro atoms. The molecule has 2 aromatic rings. The van der Waals surface area contributed by atoms with Crippen molar-refractivity contribution in [2.75, 3.05) is 5.32 Å². The maximum Gasteiger partial charge on any atom is 0.256 e. The van der Waals surface area contributed by atoms with Gasteiger partial charge in [0.25, 0.3) is 11.8 Å². The van der Waals surface area contributed by atoms with E-state index in [9.17, 15) is 9.59 Å². The number of nitrogens with two attached hydrogens (primary N) is 1. The van der Waals surface area contributed by atoms with Crippen LogP contribution in [0.2, 0.25) is 10.0 Å². The monoisotopic (exact) mass is 314 g/mol. The third-order valence-corrected chi connectivity index (χ3v) is 3.55. The highest BCUT2D eigenvalue weighted by molar-refractivity contribution is 7.14. The molecule has 0 fully saturated rings. The first-order valence-electron chi connectivity index (χ1n) is 5.12. The van der Waals surface area contributed by atoms with Crippen molar-refractivity contribution in [3.63, 3.8) is 0 Å². The number of rotatable bonds is 3. The molecule has 0 saturated carbocycles. The molecule has 0 aliphatic heterocycles. The molecule has 4 nitrogen and oxygen atoms in total. The van der Waals surface area contributed by atoms with Crippen molar-refractivity contribution >= 4 is 51.4 Å². The zero-order valence-corrected chi connectivity index (χ0v) is 11.8. The smallest absolute Gasteiger partial charge is 0.256 e. The number of nitrogens with one attached hydrogen (secondary N) is 1. The summed E-state index contributed by atoms with van der Waals surface area (Å²) in [6.07, 6.45) is 0. The van der Waals surface area contributed by atoms with Crippen molar-refractivity contribution in [2.45, 2.75) is 0 Å². The Morgan fingerprint density at radius 2 is 1.79 bits per heavy atom. The third kappa shape index (κ3) is 3.26. The zero-order chi connectivity index (χ0) is 14.0. The molecule has 1 aromatic heterocycles. The number of anilines is 1. The van der Waals surface area contributed by atoms with Gasteiger partial charge in [-0.1, -0.05) is 23.2 Å². The lowest BCUT2D eigenvalue weighted by Gasteiger charge is -2.05. The van der Waals surface area contributed by atoms with E-state index >= 15 is 0 Å². The van der Waals surface area contributed by atoms with Crippen LogP contribution in [-0.2, 0) is 0 Å². The van der Waals surface area contributed by atoms with E-state index in [2.05, 4.69) is 5.32 Å². The summed E-state index contributed by atoms with van der Waals surface area (Å²) in [5, 5.41) is 5.39. The van der Waals surface area contributed by atoms with E-state index in [1.54, 1.807) is 11.4 Å². The number of hydrogen-bond acceptors (Lipinski definition) is 3. The normalized spacial score (nSPS) is 10.2. The lowest BCUT2D eigenvalue weighted by Crippen LogP contribution is -2.16. The number of thiophene rings is 1. The summed E-state index contributed by atoms with van der Waals surface area (Å²) in [6, 6.07) is 6.05. The van der Waals surface area contributed by atoms with Gasteiger partial charge in [-0.05, 0) is 29.6 Å². The summed E-state index contributed by atoms with van der Waals surface area (Å²) < 4.78 is 0. The van der Waals surface area contributed by atoms with Crippen LogP contribution in [0.5, 0.6) is 0 Å². The summed E-state index contributed by atoms with van der Waals surface area (Å²) in [5.41, 5.74) is 5.77. The number of primary amides is 1. The van der Waals surface area contributed by atoms with Gasteiger partial charge in [0.1, 0.15) is 5.00 Å². The van der Waals surface area contributed by atoms with Crippen LogP contribution in [0.25, 0.3) is 0 Å². The van der Waals surface area contributed by atoms with E-state index in [4.69, 9.17) is 28.9 Å². The van der Waals surface area contributed by atoms with Gasteiger partial charge in [0.05, 0.1) is 5.56 Å². The average molecular weight is 315 g/mol. The second kappa shape index (κ2) is 5.61. The second-order valence-electron chi connectivity index (χ2n) is 3.64. The first-order valence-corrected chi connectivity index (χ1v) is 6.75. The molecule has 1 aromatic carbocycles. The Kier molecular flexibility index (Phi) is 4.09. The van der Waals surface area contributed by atoms with Gasteiger partial charge in [-0.15, -0.1) is 11.3 Å². The average Bonchev–Trinajstić information content (AvgIpc) is 2.75. The largest absolute Gasteiger partial charge is 0.366 e. The predicted molar refractivity (Wildman–Crippen MR) is 77.3 cm³/mol. The van der Waals surface area contributed by atoms with E-state index in [1.807, 2.05) is 0 Å². The maximum atomic E-state index is 12.0. The van der Waals surface area contributed by atoms with Crippen molar-refractivity contribution < 1.29 is 9.59 Å². The van der Waals surface area contributed by atoms with Crippen LogP contribution in [0, 0.1) is 0 Å². The molecular weight excluding hydrogens is 307 g/mol. The quantitative estimate of drug-likeness (QED) is 0.911. The first-order chi connectivity index (χ1) is 8.97. The molecule has 2 amide bonds. The van der Waals surface area contributed by atoms with E-state index in [1.165, 1.54) is 29.5 Å². The van der Waals surface area contributed by atoms with Gasteiger partial charge in [-0.3, -0.25) is 9.59 Å². The molecule has 19 heavy (non-hydrogen) atoms. The van der Waals surface area contributed by atoms with E-state index in [0.29, 0.717) is 20.6 Å². The van der Waals surface area contributed by atoms with Gasteiger partial charge in [0.15, 0.2) is 0 Å². The number of halogens is 2. The zero-order valence-electron chi connectivity index (χ0n) is 9.44. The molecule has 7 heteroatoms. The Morgan fingerprint density at radius 1 is 1.16 bits per heavy atom. The Hall–Kier alpha value is -1.56. The number of hydrogen-bond donors (Lipinski definition) is 2. The van der Waals surface area contributed by atoms with E-state index < -0.39 is 11.8 Å². The Labute approximate surface area is 123 Å². The molecule has 0 bridgehead atoms. The standard InChI is InChI=1S/C12H8Cl2N2O2S/c13-7-3-6(4-8(14)5-7)11(18)16-12-9(10(15)17)1-2-19-12/h1-5H,(H2,15,17)(H,16,18). The summed E-state index contributed by atoms with van der Waals surface area (Å²) in [6.45, 7) is 0. The lowest BCUT2D eigenvalue weighted by atomic mass is 10.2. The molecular formula is C12H8Cl2N2O2S. The van der Waals surface area contributed by atoms with Crippen LogP contribution < -0.4 is 11.1 Å². The van der Waals surface area contributed by atoms with Gasteiger partial charge in [-0.2, -0.15) is 0 Å². The minimum absolute atomic E-state index is 0.270. The van der Waals surface area contributed by atoms with Crippen molar-refractivity contribution in [3.8, 4) is 0 Å². The summed E-state index contributed by atoms with van der Waals surface area (Å²) in [7, 11) is 0. The van der Waals surface area contributed by atoms with Crippen LogP contribution in [0.15, 0.2) is 29.6 Å². The van der Waals surface area contributed by atoms with Crippen LogP contribution in [0.3, 0.4) is 0 Å². The van der Waals surface area contributed by atoms with Crippen LogP contribution >= 0.6 is 34.5 Å². The van der Waals surface area contributed by atoms with Crippen molar-refractivity contribution in [3.05, 3.63) is 50.8 Å². The minimum Gasteiger partial charge on any atom is -0.366 e. The molecule has 1 heterocycles. The van der Waals surface area contributed by atoms with Crippen LogP contribution in [0.1, 0.15) is 20.7 Å².